The molecule has 0 aliphatic heterocycles. The van der Waals surface area contributed by atoms with E-state index in [2.05, 4.69) is 98.4 Å². The number of hydrogen-bond donors (Lipinski definition) is 0. The fourth-order valence-corrected chi connectivity index (χ4v) is 8.48. The Morgan fingerprint density at radius 1 is 0.510 bits per heavy atom. The first-order valence-corrected chi connectivity index (χ1v) is 22.3. The average Bonchev–Trinajstić information content (AvgIpc) is 3.62. The van der Waals surface area contributed by atoms with Crippen molar-refractivity contribution in [3.8, 4) is 0 Å². The van der Waals surface area contributed by atoms with Gasteiger partial charge in [0.15, 0.2) is 0 Å². The molecular formula is C49H80N2. The minimum atomic E-state index is -0.0289. The highest BCUT2D eigenvalue weighted by atomic mass is 15.1. The lowest BCUT2D eigenvalue weighted by atomic mass is 9.66. The van der Waals surface area contributed by atoms with E-state index in [-0.39, 0.29) is 5.41 Å². The van der Waals surface area contributed by atoms with Gasteiger partial charge in [-0.05, 0) is 30.4 Å². The van der Waals surface area contributed by atoms with Gasteiger partial charge in [-0.25, -0.2) is 4.98 Å². The molecule has 3 aromatic rings. The van der Waals surface area contributed by atoms with Crippen LogP contribution < -0.4 is 0 Å². The number of nitrogens with zero attached hydrogens (tertiary/aromatic N) is 2. The number of benzene rings is 2. The molecule has 0 saturated carbocycles. The van der Waals surface area contributed by atoms with E-state index >= 15 is 0 Å². The lowest BCUT2D eigenvalue weighted by Gasteiger charge is -2.39. The molecule has 3 rings (SSSR count). The molecule has 1 heterocycles. The van der Waals surface area contributed by atoms with E-state index in [1.807, 2.05) is 0 Å². The van der Waals surface area contributed by atoms with Crippen LogP contribution in [0.2, 0.25) is 0 Å². The van der Waals surface area contributed by atoms with Gasteiger partial charge in [0.05, 0.1) is 0 Å². The van der Waals surface area contributed by atoms with Gasteiger partial charge in [-0.3, -0.25) is 0 Å². The molecule has 2 heteroatoms. The van der Waals surface area contributed by atoms with Gasteiger partial charge >= 0.3 is 0 Å². The lowest BCUT2D eigenvalue weighted by Crippen LogP contribution is -2.35. The minimum Gasteiger partial charge on any atom is -0.335 e. The van der Waals surface area contributed by atoms with Crippen molar-refractivity contribution in [3.63, 3.8) is 0 Å². The molecule has 0 radical (unpaired) electrons. The highest BCUT2D eigenvalue weighted by molar-refractivity contribution is 5.33. The third-order valence-electron chi connectivity index (χ3n) is 11.8. The number of rotatable bonds is 33. The van der Waals surface area contributed by atoms with Gasteiger partial charge in [0.1, 0.15) is 5.82 Å². The molecule has 2 atom stereocenters. The average molecular weight is 697 g/mol. The Kier molecular flexibility index (Phi) is 23.8. The number of hydrogen-bond acceptors (Lipinski definition) is 1. The molecule has 0 aliphatic carbocycles. The summed E-state index contributed by atoms with van der Waals surface area (Å²) in [4.78, 5) is 5.17. The zero-order valence-corrected chi connectivity index (χ0v) is 33.9. The summed E-state index contributed by atoms with van der Waals surface area (Å²) in [6.45, 7) is 8.24. The van der Waals surface area contributed by atoms with Crippen LogP contribution in [-0.2, 0) is 18.4 Å². The summed E-state index contributed by atoms with van der Waals surface area (Å²) in [6.07, 6.45) is 43.0. The van der Waals surface area contributed by atoms with Crippen LogP contribution in [0.1, 0.15) is 217 Å². The smallest absolute Gasteiger partial charge is 0.112 e. The first kappa shape index (κ1) is 43.1. The SMILES string of the molecule is CCCCCCCCCCCCCCCCCC(c1nccn1CCCCCCCCCCCCC)C(C)(Cc1ccccc1)c1ccccc1. The van der Waals surface area contributed by atoms with Crippen molar-refractivity contribution in [2.24, 2.45) is 0 Å². The Balaban J connectivity index is 1.53. The molecular weight excluding hydrogens is 617 g/mol. The quantitative estimate of drug-likeness (QED) is 0.0580. The normalized spacial score (nSPS) is 13.4. The molecule has 51 heavy (non-hydrogen) atoms. The van der Waals surface area contributed by atoms with E-state index < -0.39 is 0 Å². The summed E-state index contributed by atoms with van der Waals surface area (Å²) >= 11 is 0. The van der Waals surface area contributed by atoms with E-state index in [0.29, 0.717) is 5.92 Å². The topological polar surface area (TPSA) is 17.8 Å². The van der Waals surface area contributed by atoms with E-state index in [4.69, 9.17) is 4.98 Å². The summed E-state index contributed by atoms with van der Waals surface area (Å²) in [5.74, 6) is 1.69. The van der Waals surface area contributed by atoms with E-state index in [1.165, 1.54) is 190 Å². The van der Waals surface area contributed by atoms with Crippen molar-refractivity contribution in [2.75, 3.05) is 0 Å². The van der Waals surface area contributed by atoms with Crippen molar-refractivity contribution in [2.45, 2.75) is 218 Å². The van der Waals surface area contributed by atoms with Crippen LogP contribution in [0.5, 0.6) is 0 Å². The maximum atomic E-state index is 5.17. The Labute approximate surface area is 317 Å². The molecule has 2 unspecified atom stereocenters. The fraction of sp³-hybridized carbons (Fsp3) is 0.694. The molecule has 2 aromatic carbocycles. The second-order valence-corrected chi connectivity index (χ2v) is 16.3. The zero-order valence-electron chi connectivity index (χ0n) is 33.9. The number of aromatic nitrogens is 2. The third-order valence-corrected chi connectivity index (χ3v) is 11.8. The molecule has 1 aromatic heterocycles. The van der Waals surface area contributed by atoms with E-state index in [0.717, 1.165) is 13.0 Å². The van der Waals surface area contributed by atoms with Crippen molar-refractivity contribution in [1.29, 1.82) is 0 Å². The number of aryl methyl sites for hydroxylation is 1. The molecule has 0 fully saturated rings. The van der Waals surface area contributed by atoms with Crippen LogP contribution in [0.15, 0.2) is 73.1 Å². The first-order valence-electron chi connectivity index (χ1n) is 22.3. The summed E-state index contributed by atoms with van der Waals surface area (Å²) in [6, 6.07) is 22.6. The maximum Gasteiger partial charge on any atom is 0.112 e. The second-order valence-electron chi connectivity index (χ2n) is 16.3. The first-order chi connectivity index (χ1) is 25.2. The van der Waals surface area contributed by atoms with Gasteiger partial charge in [0, 0.05) is 30.3 Å². The zero-order chi connectivity index (χ0) is 36.1. The highest BCUT2D eigenvalue weighted by Gasteiger charge is 2.39. The molecule has 0 aliphatic rings. The standard InChI is InChI=1S/C49H80N2/c1-4-6-8-10-12-14-16-17-18-19-20-22-24-26-34-40-47(49(3,46-38-32-29-33-39-46)44-45-36-30-28-31-37-45)48-50-41-43-51(48)42-35-27-25-23-21-15-13-11-9-7-5-2/h28-33,36-39,41,43,47H,4-27,34-35,40,42,44H2,1-3H3. The molecule has 0 saturated heterocycles. The summed E-state index contributed by atoms with van der Waals surface area (Å²) in [5, 5.41) is 0. The van der Waals surface area contributed by atoms with Crippen LogP contribution >= 0.6 is 0 Å². The highest BCUT2D eigenvalue weighted by Crippen LogP contribution is 2.44. The maximum absolute atomic E-state index is 5.17. The third kappa shape index (κ3) is 17.8. The second kappa shape index (κ2) is 28.2. The van der Waals surface area contributed by atoms with Crippen molar-refractivity contribution < 1.29 is 0 Å². The molecule has 0 amide bonds. The Morgan fingerprint density at radius 3 is 1.39 bits per heavy atom. The largest absolute Gasteiger partial charge is 0.335 e. The molecule has 2 nitrogen and oxygen atoms in total. The Hall–Kier alpha value is -2.35. The molecule has 0 spiro atoms. The van der Waals surface area contributed by atoms with Crippen LogP contribution in [0, 0.1) is 0 Å². The van der Waals surface area contributed by atoms with Gasteiger partial charge in [-0.1, -0.05) is 242 Å². The summed E-state index contributed by atoms with van der Waals surface area (Å²) in [7, 11) is 0. The van der Waals surface area contributed by atoms with Crippen LogP contribution in [0.4, 0.5) is 0 Å². The summed E-state index contributed by atoms with van der Waals surface area (Å²) < 4.78 is 2.54. The molecule has 286 valence electrons. The van der Waals surface area contributed by atoms with Crippen molar-refractivity contribution in [1.82, 2.24) is 9.55 Å². The van der Waals surface area contributed by atoms with Crippen LogP contribution in [0.25, 0.3) is 0 Å². The van der Waals surface area contributed by atoms with Gasteiger partial charge in [0.2, 0.25) is 0 Å². The minimum absolute atomic E-state index is 0.0289. The number of unbranched alkanes of at least 4 members (excludes halogenated alkanes) is 24. The Morgan fingerprint density at radius 2 is 0.922 bits per heavy atom. The van der Waals surface area contributed by atoms with Crippen molar-refractivity contribution in [3.05, 3.63) is 90.0 Å². The predicted molar refractivity (Wildman–Crippen MR) is 225 cm³/mol. The summed E-state index contributed by atoms with van der Waals surface area (Å²) in [5.41, 5.74) is 2.84. The molecule has 0 bridgehead atoms. The van der Waals surface area contributed by atoms with Gasteiger partial charge in [-0.15, -0.1) is 0 Å². The van der Waals surface area contributed by atoms with E-state index in [1.54, 1.807) is 0 Å². The van der Waals surface area contributed by atoms with E-state index in [9.17, 15) is 0 Å². The van der Waals surface area contributed by atoms with Crippen LogP contribution in [-0.4, -0.2) is 9.55 Å². The Bertz CT molecular complexity index is 1180. The molecule has 0 N–H and O–H groups in total. The van der Waals surface area contributed by atoms with Crippen molar-refractivity contribution >= 4 is 0 Å². The van der Waals surface area contributed by atoms with Gasteiger partial charge < -0.3 is 4.57 Å². The monoisotopic (exact) mass is 697 g/mol. The predicted octanol–water partition coefficient (Wildman–Crippen LogP) is 15.7. The number of imidazole rings is 1. The fourth-order valence-electron chi connectivity index (χ4n) is 8.48. The lowest BCUT2D eigenvalue weighted by molar-refractivity contribution is 0.321. The van der Waals surface area contributed by atoms with Gasteiger partial charge in [0.25, 0.3) is 0 Å². The van der Waals surface area contributed by atoms with Crippen LogP contribution in [0.3, 0.4) is 0 Å². The van der Waals surface area contributed by atoms with Gasteiger partial charge in [-0.2, -0.15) is 0 Å².